The molecule has 3 aromatic carbocycles. The van der Waals surface area contributed by atoms with E-state index in [2.05, 4.69) is 27.8 Å². The molecule has 0 atom stereocenters. The highest BCUT2D eigenvalue weighted by Gasteiger charge is 2.15. The molecule has 0 aliphatic rings. The van der Waals surface area contributed by atoms with E-state index in [1.165, 1.54) is 31.4 Å². The molecule has 0 aliphatic carbocycles. The van der Waals surface area contributed by atoms with Gasteiger partial charge in [0.05, 0.1) is 24.1 Å². The maximum Gasteiger partial charge on any atom is 0.337 e. The Labute approximate surface area is 198 Å². The summed E-state index contributed by atoms with van der Waals surface area (Å²) in [7, 11) is -2.51. The summed E-state index contributed by atoms with van der Waals surface area (Å²) in [5.41, 5.74) is 2.32. The quantitative estimate of drug-likeness (QED) is 0.424. The van der Waals surface area contributed by atoms with Crippen molar-refractivity contribution in [2.45, 2.75) is 4.90 Å². The van der Waals surface area contributed by atoms with Crippen molar-refractivity contribution in [3.05, 3.63) is 95.1 Å². The zero-order valence-corrected chi connectivity index (χ0v) is 19.0. The Hall–Kier alpha value is -4.37. The van der Waals surface area contributed by atoms with E-state index in [0.29, 0.717) is 22.4 Å². The van der Waals surface area contributed by atoms with Crippen LogP contribution in [0.15, 0.2) is 77.7 Å². The number of ether oxygens (including phenoxy) is 1. The standard InChI is InChI=1S/C26H20N2O5S/c1-3-15-27-34(31,32)24-12-6-9-21(18-24)25(29)28-23-11-5-8-20(17-23)14-13-19-7-4-10-22(16-19)26(30)33-2/h1,4-12,16-18,27H,15H2,2H3,(H,28,29). The van der Waals surface area contributed by atoms with Crippen LogP contribution in [-0.2, 0) is 14.8 Å². The molecule has 0 saturated carbocycles. The largest absolute Gasteiger partial charge is 0.465 e. The maximum atomic E-state index is 12.7. The molecule has 0 spiro atoms. The van der Waals surface area contributed by atoms with Crippen LogP contribution >= 0.6 is 0 Å². The third-order valence-corrected chi connectivity index (χ3v) is 5.92. The van der Waals surface area contributed by atoms with Gasteiger partial charge in [-0.2, -0.15) is 4.72 Å². The van der Waals surface area contributed by atoms with Crippen molar-refractivity contribution < 1.29 is 22.7 Å². The first-order chi connectivity index (χ1) is 16.3. The number of methoxy groups -OCH3 is 1. The van der Waals surface area contributed by atoms with Crippen molar-refractivity contribution in [2.75, 3.05) is 19.0 Å². The average molecular weight is 473 g/mol. The molecular weight excluding hydrogens is 452 g/mol. The summed E-state index contributed by atoms with van der Waals surface area (Å²) in [6.07, 6.45) is 5.10. The predicted octanol–water partition coefficient (Wildman–Crippen LogP) is 3.04. The number of sulfonamides is 1. The molecule has 2 N–H and O–H groups in total. The molecule has 34 heavy (non-hydrogen) atoms. The van der Waals surface area contributed by atoms with Crippen LogP contribution in [0.3, 0.4) is 0 Å². The lowest BCUT2D eigenvalue weighted by molar-refractivity contribution is 0.0600. The van der Waals surface area contributed by atoms with E-state index in [-0.39, 0.29) is 17.0 Å². The number of benzene rings is 3. The number of carbonyl (C=O) groups excluding carboxylic acids is 2. The van der Waals surface area contributed by atoms with Crippen molar-refractivity contribution in [3.63, 3.8) is 0 Å². The molecular formula is C26H20N2O5S. The minimum absolute atomic E-state index is 0.0656. The molecule has 8 heteroatoms. The molecule has 0 saturated heterocycles. The lowest BCUT2D eigenvalue weighted by Gasteiger charge is -2.08. The second kappa shape index (κ2) is 11.0. The summed E-state index contributed by atoms with van der Waals surface area (Å²) in [6, 6.07) is 19.3. The monoisotopic (exact) mass is 472 g/mol. The lowest BCUT2D eigenvalue weighted by Crippen LogP contribution is -2.24. The highest BCUT2D eigenvalue weighted by atomic mass is 32.2. The normalized spacial score (nSPS) is 10.4. The van der Waals surface area contributed by atoms with Crippen LogP contribution in [0.5, 0.6) is 0 Å². The molecule has 0 radical (unpaired) electrons. The van der Waals surface area contributed by atoms with Crippen molar-refractivity contribution in [2.24, 2.45) is 0 Å². The van der Waals surface area contributed by atoms with Crippen molar-refractivity contribution in [1.29, 1.82) is 0 Å². The van der Waals surface area contributed by atoms with Gasteiger partial charge in [-0.15, -0.1) is 6.42 Å². The number of anilines is 1. The fourth-order valence-electron chi connectivity index (χ4n) is 2.89. The molecule has 0 aliphatic heterocycles. The zero-order valence-electron chi connectivity index (χ0n) is 18.2. The number of amides is 1. The van der Waals surface area contributed by atoms with Gasteiger partial charge in [-0.3, -0.25) is 4.79 Å². The highest BCUT2D eigenvalue weighted by molar-refractivity contribution is 7.89. The Morgan fingerprint density at radius 3 is 2.26 bits per heavy atom. The second-order valence-corrected chi connectivity index (χ2v) is 8.68. The van der Waals surface area contributed by atoms with Crippen LogP contribution in [0.1, 0.15) is 31.8 Å². The molecule has 0 heterocycles. The number of hydrogen-bond donors (Lipinski definition) is 2. The Kier molecular flexibility index (Phi) is 7.83. The fraction of sp³-hybridized carbons (Fsp3) is 0.0769. The van der Waals surface area contributed by atoms with Gasteiger partial charge in [0, 0.05) is 22.4 Å². The van der Waals surface area contributed by atoms with Gasteiger partial charge in [0.25, 0.3) is 5.91 Å². The topological polar surface area (TPSA) is 102 Å². The van der Waals surface area contributed by atoms with E-state index in [4.69, 9.17) is 11.2 Å². The minimum Gasteiger partial charge on any atom is -0.465 e. The van der Waals surface area contributed by atoms with Crippen LogP contribution in [0.2, 0.25) is 0 Å². The molecule has 3 aromatic rings. The van der Waals surface area contributed by atoms with Gasteiger partial charge < -0.3 is 10.1 Å². The van der Waals surface area contributed by atoms with Crippen molar-refractivity contribution in [3.8, 4) is 24.2 Å². The molecule has 0 fully saturated rings. The number of hydrogen-bond acceptors (Lipinski definition) is 5. The van der Waals surface area contributed by atoms with Gasteiger partial charge in [0.1, 0.15) is 0 Å². The molecule has 3 rings (SSSR count). The first kappa shape index (κ1) is 24.3. The Balaban J connectivity index is 1.77. The Morgan fingerprint density at radius 1 is 0.912 bits per heavy atom. The van der Waals surface area contributed by atoms with Crippen LogP contribution in [0.4, 0.5) is 5.69 Å². The lowest BCUT2D eigenvalue weighted by atomic mass is 10.1. The summed E-state index contributed by atoms with van der Waals surface area (Å²) in [5, 5.41) is 2.73. The summed E-state index contributed by atoms with van der Waals surface area (Å²) >= 11 is 0. The number of rotatable bonds is 6. The third-order valence-electron chi connectivity index (χ3n) is 4.53. The summed E-state index contributed by atoms with van der Waals surface area (Å²) in [6.45, 7) is -0.153. The number of nitrogens with one attached hydrogen (secondary N) is 2. The van der Waals surface area contributed by atoms with Crippen LogP contribution in [-0.4, -0.2) is 33.9 Å². The molecule has 7 nitrogen and oxygen atoms in total. The van der Waals surface area contributed by atoms with Gasteiger partial charge in [-0.1, -0.05) is 36.0 Å². The smallest absolute Gasteiger partial charge is 0.337 e. The zero-order chi connectivity index (χ0) is 24.6. The van der Waals surface area contributed by atoms with Crippen molar-refractivity contribution >= 4 is 27.6 Å². The average Bonchev–Trinajstić information content (AvgIpc) is 2.86. The minimum atomic E-state index is -3.82. The van der Waals surface area contributed by atoms with Crippen LogP contribution in [0, 0.1) is 24.2 Å². The van der Waals surface area contributed by atoms with E-state index in [9.17, 15) is 18.0 Å². The van der Waals surface area contributed by atoms with E-state index in [0.717, 1.165) is 0 Å². The predicted molar refractivity (Wildman–Crippen MR) is 129 cm³/mol. The Morgan fingerprint density at radius 2 is 1.56 bits per heavy atom. The number of terminal acetylenes is 1. The molecule has 0 unspecified atom stereocenters. The van der Waals surface area contributed by atoms with Crippen molar-refractivity contribution in [1.82, 2.24) is 4.72 Å². The second-order valence-electron chi connectivity index (χ2n) is 6.91. The maximum absolute atomic E-state index is 12.7. The highest BCUT2D eigenvalue weighted by Crippen LogP contribution is 2.15. The van der Waals surface area contributed by atoms with Gasteiger partial charge >= 0.3 is 5.97 Å². The molecule has 1 amide bonds. The van der Waals surface area contributed by atoms with Gasteiger partial charge in [-0.25, -0.2) is 13.2 Å². The SMILES string of the molecule is C#CCNS(=O)(=O)c1cccc(C(=O)Nc2cccc(C#Cc3cccc(C(=O)OC)c3)c2)c1. The summed E-state index contributed by atoms with van der Waals surface area (Å²) in [5.74, 6) is 7.24. The van der Waals surface area contributed by atoms with E-state index >= 15 is 0 Å². The summed E-state index contributed by atoms with van der Waals surface area (Å²) in [4.78, 5) is 24.3. The van der Waals surface area contributed by atoms with Gasteiger partial charge in [0.15, 0.2) is 0 Å². The molecule has 0 aromatic heterocycles. The third kappa shape index (κ3) is 6.33. The Bertz CT molecular complexity index is 1440. The summed E-state index contributed by atoms with van der Waals surface area (Å²) < 4.78 is 31.5. The van der Waals surface area contributed by atoms with Gasteiger partial charge in [-0.05, 0) is 54.6 Å². The molecule has 0 bridgehead atoms. The van der Waals surface area contributed by atoms with E-state index in [1.807, 2.05) is 0 Å². The fourth-order valence-corrected chi connectivity index (χ4v) is 3.87. The first-order valence-corrected chi connectivity index (χ1v) is 11.5. The van der Waals surface area contributed by atoms with E-state index < -0.39 is 21.9 Å². The van der Waals surface area contributed by atoms with Crippen LogP contribution < -0.4 is 10.0 Å². The van der Waals surface area contributed by atoms with Crippen LogP contribution in [0.25, 0.3) is 0 Å². The number of esters is 1. The number of carbonyl (C=O) groups is 2. The molecule has 170 valence electrons. The van der Waals surface area contributed by atoms with Gasteiger partial charge in [0.2, 0.25) is 10.0 Å². The van der Waals surface area contributed by atoms with E-state index in [1.54, 1.807) is 48.5 Å². The first-order valence-electron chi connectivity index (χ1n) is 9.97.